The lowest BCUT2D eigenvalue weighted by molar-refractivity contribution is -0.119. The Morgan fingerprint density at radius 1 is 1.00 bits per heavy atom. The molecule has 4 rings (SSSR count). The van der Waals surface area contributed by atoms with Crippen molar-refractivity contribution in [2.45, 2.75) is 11.3 Å². The first-order chi connectivity index (χ1) is 15.3. The van der Waals surface area contributed by atoms with Gasteiger partial charge in [-0.2, -0.15) is 0 Å². The molecule has 32 heavy (non-hydrogen) atoms. The summed E-state index contributed by atoms with van der Waals surface area (Å²) in [5, 5.41) is 8.73. The summed E-state index contributed by atoms with van der Waals surface area (Å²) in [6.45, 7) is 1.39. The molecule has 1 unspecified atom stereocenters. The number of nitrogens with zero attached hydrogens (tertiary/aromatic N) is 1. The molecule has 3 aromatic rings. The molecule has 0 spiro atoms. The van der Waals surface area contributed by atoms with Gasteiger partial charge in [0.05, 0.1) is 21.5 Å². The van der Waals surface area contributed by atoms with Crippen molar-refractivity contribution in [2.75, 3.05) is 23.3 Å². The number of nitrogens with one attached hydrogen (secondary N) is 1. The van der Waals surface area contributed by atoms with Crippen LogP contribution in [0.2, 0.25) is 5.02 Å². The highest BCUT2D eigenvalue weighted by Crippen LogP contribution is 2.31. The molecular weight excluding hydrogens is 450 g/mol. The molecule has 166 valence electrons. The van der Waals surface area contributed by atoms with E-state index in [1.54, 1.807) is 24.3 Å². The lowest BCUT2D eigenvalue weighted by Crippen LogP contribution is -2.27. The minimum Gasteiger partial charge on any atom is -0.457 e. The van der Waals surface area contributed by atoms with E-state index in [-0.39, 0.29) is 16.7 Å². The van der Waals surface area contributed by atoms with Crippen molar-refractivity contribution in [3.8, 4) is 11.5 Å². The third kappa shape index (κ3) is 5.21. The summed E-state index contributed by atoms with van der Waals surface area (Å²) < 4.78 is 28.4. The smallest absolute Gasteiger partial charge is 0.238 e. The highest BCUT2D eigenvalue weighted by molar-refractivity contribution is 7.89. The van der Waals surface area contributed by atoms with Crippen molar-refractivity contribution < 1.29 is 17.9 Å². The van der Waals surface area contributed by atoms with Crippen LogP contribution in [0.1, 0.15) is 6.42 Å². The van der Waals surface area contributed by atoms with Crippen LogP contribution in [0.25, 0.3) is 0 Å². The molecule has 3 N–H and O–H groups in total. The van der Waals surface area contributed by atoms with E-state index in [4.69, 9.17) is 21.5 Å². The number of rotatable bonds is 6. The van der Waals surface area contributed by atoms with Crippen LogP contribution < -0.4 is 20.1 Å². The van der Waals surface area contributed by atoms with Crippen molar-refractivity contribution in [3.05, 3.63) is 77.8 Å². The fourth-order valence-electron chi connectivity index (χ4n) is 3.59. The molecule has 1 aliphatic heterocycles. The van der Waals surface area contributed by atoms with Crippen LogP contribution in [0.15, 0.2) is 77.7 Å². The third-order valence-electron chi connectivity index (χ3n) is 5.26. The summed E-state index contributed by atoms with van der Waals surface area (Å²) in [4.78, 5) is 14.9. The van der Waals surface area contributed by atoms with Crippen molar-refractivity contribution in [2.24, 2.45) is 11.1 Å². The minimum absolute atomic E-state index is 0.0166. The number of benzene rings is 3. The van der Waals surface area contributed by atoms with Gasteiger partial charge in [-0.25, -0.2) is 13.6 Å². The summed E-state index contributed by atoms with van der Waals surface area (Å²) in [7, 11) is -3.74. The molecule has 0 bridgehead atoms. The topological polar surface area (TPSA) is 102 Å². The summed E-state index contributed by atoms with van der Waals surface area (Å²) in [6, 6.07) is 20.4. The lowest BCUT2D eigenvalue weighted by Gasteiger charge is -2.19. The molecule has 0 saturated carbocycles. The predicted octanol–water partition coefficient (Wildman–Crippen LogP) is 4.24. The first kappa shape index (κ1) is 22.1. The standard InChI is InChI=1S/C23H22ClN3O4S/c24-21-3-1-2-4-22(21)27-14-13-16(15-27)23(28)26-17-5-7-18(8-6-17)31-19-9-11-20(12-10-19)32(25,29)30/h1-12,16H,13-15H2,(H,26,28)(H2,25,29,30). The van der Waals surface area contributed by atoms with E-state index in [2.05, 4.69) is 10.2 Å². The Morgan fingerprint density at radius 3 is 2.25 bits per heavy atom. The van der Waals surface area contributed by atoms with Gasteiger partial charge in [0.15, 0.2) is 0 Å². The maximum Gasteiger partial charge on any atom is 0.238 e. The van der Waals surface area contributed by atoms with Gasteiger partial charge in [-0.3, -0.25) is 4.79 Å². The van der Waals surface area contributed by atoms with Crippen molar-refractivity contribution in [1.82, 2.24) is 0 Å². The van der Waals surface area contributed by atoms with Crippen LogP contribution in [-0.2, 0) is 14.8 Å². The third-order valence-corrected chi connectivity index (χ3v) is 6.51. The maximum atomic E-state index is 12.7. The molecule has 1 fully saturated rings. The Balaban J connectivity index is 1.34. The summed E-state index contributed by atoms with van der Waals surface area (Å²) >= 11 is 6.28. The van der Waals surface area contributed by atoms with Gasteiger partial charge in [0, 0.05) is 18.8 Å². The Labute approximate surface area is 191 Å². The zero-order valence-electron chi connectivity index (χ0n) is 17.1. The summed E-state index contributed by atoms with van der Waals surface area (Å²) in [5.74, 6) is 0.864. The van der Waals surface area contributed by atoms with Crippen LogP contribution in [-0.4, -0.2) is 27.4 Å². The first-order valence-electron chi connectivity index (χ1n) is 10.0. The Hall–Kier alpha value is -3.07. The van der Waals surface area contributed by atoms with E-state index >= 15 is 0 Å². The lowest BCUT2D eigenvalue weighted by atomic mass is 10.1. The molecule has 1 heterocycles. The summed E-state index contributed by atoms with van der Waals surface area (Å²) in [6.07, 6.45) is 0.757. The van der Waals surface area contributed by atoms with E-state index in [0.29, 0.717) is 28.8 Å². The number of hydrogen-bond acceptors (Lipinski definition) is 5. The fourth-order valence-corrected chi connectivity index (χ4v) is 4.36. The molecule has 0 aromatic heterocycles. The average molecular weight is 472 g/mol. The number of primary sulfonamides is 1. The largest absolute Gasteiger partial charge is 0.457 e. The number of ether oxygens (including phenoxy) is 1. The van der Waals surface area contributed by atoms with Crippen LogP contribution in [0.4, 0.5) is 11.4 Å². The van der Waals surface area contributed by atoms with E-state index < -0.39 is 10.0 Å². The number of amides is 1. The van der Waals surface area contributed by atoms with Gasteiger partial charge < -0.3 is 15.0 Å². The van der Waals surface area contributed by atoms with Crippen LogP contribution in [0.3, 0.4) is 0 Å². The number of sulfonamides is 1. The number of anilines is 2. The van der Waals surface area contributed by atoms with Crippen molar-refractivity contribution in [1.29, 1.82) is 0 Å². The molecule has 1 saturated heterocycles. The second-order valence-corrected chi connectivity index (χ2v) is 9.48. The molecule has 1 aliphatic rings. The molecule has 1 amide bonds. The van der Waals surface area contributed by atoms with Gasteiger partial charge >= 0.3 is 0 Å². The van der Waals surface area contributed by atoms with Crippen LogP contribution in [0.5, 0.6) is 11.5 Å². The second-order valence-electron chi connectivity index (χ2n) is 7.52. The molecule has 0 aliphatic carbocycles. The monoisotopic (exact) mass is 471 g/mol. The molecule has 0 radical (unpaired) electrons. The van der Waals surface area contributed by atoms with Crippen LogP contribution >= 0.6 is 11.6 Å². The van der Waals surface area contributed by atoms with E-state index in [9.17, 15) is 13.2 Å². The average Bonchev–Trinajstić information content (AvgIpc) is 3.25. The number of nitrogens with two attached hydrogens (primary N) is 1. The summed E-state index contributed by atoms with van der Waals surface area (Å²) in [5.41, 5.74) is 1.62. The normalized spacial score (nSPS) is 16.1. The van der Waals surface area contributed by atoms with Crippen molar-refractivity contribution in [3.63, 3.8) is 0 Å². The van der Waals surface area contributed by atoms with E-state index in [1.165, 1.54) is 24.3 Å². The highest BCUT2D eigenvalue weighted by atomic mass is 35.5. The minimum atomic E-state index is -3.74. The van der Waals surface area contributed by atoms with Gasteiger partial charge in [0.1, 0.15) is 11.5 Å². The Bertz CT molecular complexity index is 1210. The number of carbonyl (C=O) groups is 1. The van der Waals surface area contributed by atoms with Crippen molar-refractivity contribution >= 4 is 38.9 Å². The maximum absolute atomic E-state index is 12.7. The van der Waals surface area contributed by atoms with Crippen LogP contribution in [0, 0.1) is 5.92 Å². The molecular formula is C23H22ClN3O4S. The van der Waals surface area contributed by atoms with Gasteiger partial charge in [0.2, 0.25) is 15.9 Å². The zero-order valence-corrected chi connectivity index (χ0v) is 18.6. The molecule has 9 heteroatoms. The Kier molecular flexibility index (Phi) is 6.36. The highest BCUT2D eigenvalue weighted by Gasteiger charge is 2.29. The Morgan fingerprint density at radius 2 is 1.62 bits per heavy atom. The van der Waals surface area contributed by atoms with Gasteiger partial charge in [-0.1, -0.05) is 23.7 Å². The SMILES string of the molecule is NS(=O)(=O)c1ccc(Oc2ccc(NC(=O)C3CCN(c4ccccc4Cl)C3)cc2)cc1. The molecule has 1 atom stereocenters. The second kappa shape index (κ2) is 9.20. The first-order valence-corrected chi connectivity index (χ1v) is 11.9. The van der Waals surface area contributed by atoms with E-state index in [0.717, 1.165) is 18.7 Å². The number of carbonyl (C=O) groups excluding carboxylic acids is 1. The molecule has 3 aromatic carbocycles. The van der Waals surface area contributed by atoms with Gasteiger partial charge in [0.25, 0.3) is 0 Å². The number of para-hydroxylation sites is 1. The molecule has 7 nitrogen and oxygen atoms in total. The number of halogens is 1. The predicted molar refractivity (Wildman–Crippen MR) is 125 cm³/mol. The van der Waals surface area contributed by atoms with Gasteiger partial charge in [-0.05, 0) is 67.1 Å². The fraction of sp³-hybridized carbons (Fsp3) is 0.174. The zero-order chi connectivity index (χ0) is 22.7. The van der Waals surface area contributed by atoms with E-state index in [1.807, 2.05) is 24.3 Å². The van der Waals surface area contributed by atoms with Gasteiger partial charge in [-0.15, -0.1) is 0 Å². The number of hydrogen-bond donors (Lipinski definition) is 2. The quantitative estimate of drug-likeness (QED) is 0.559.